The third-order valence-corrected chi connectivity index (χ3v) is 4.64. The van der Waals surface area contributed by atoms with Crippen LogP contribution in [0, 0.1) is 0 Å². The van der Waals surface area contributed by atoms with E-state index in [-0.39, 0.29) is 0 Å². The molecule has 1 aromatic rings. The van der Waals surface area contributed by atoms with Crippen molar-refractivity contribution in [3.8, 4) is 5.75 Å². The first-order valence-electron chi connectivity index (χ1n) is 9.81. The van der Waals surface area contributed by atoms with E-state index in [0.717, 1.165) is 31.2 Å². The van der Waals surface area contributed by atoms with Crippen LogP contribution in [0.4, 0.5) is 0 Å². The molecule has 2 N–H and O–H groups in total. The maximum absolute atomic E-state index is 5.69. The van der Waals surface area contributed by atoms with Crippen LogP contribution in [0.1, 0.15) is 19.3 Å². The molecule has 26 heavy (non-hydrogen) atoms. The topological polar surface area (TPSA) is 52.1 Å². The van der Waals surface area contributed by atoms with Gasteiger partial charge in [-0.2, -0.15) is 0 Å². The van der Waals surface area contributed by atoms with Crippen molar-refractivity contribution in [3.05, 3.63) is 30.3 Å². The summed E-state index contributed by atoms with van der Waals surface area (Å²) in [6, 6.07) is 9.94. The second-order valence-electron chi connectivity index (χ2n) is 6.79. The van der Waals surface area contributed by atoms with Gasteiger partial charge in [-0.15, -0.1) is 0 Å². The number of benzene rings is 1. The summed E-state index contributed by atoms with van der Waals surface area (Å²) in [5.41, 5.74) is 0. The number of nitrogens with one attached hydrogen (secondary N) is 2. The largest absolute Gasteiger partial charge is 0.494 e. The first-order chi connectivity index (χ1) is 12.8. The molecule has 0 saturated carbocycles. The van der Waals surface area contributed by atoms with Gasteiger partial charge >= 0.3 is 0 Å². The fourth-order valence-corrected chi connectivity index (χ4v) is 2.94. The highest BCUT2D eigenvalue weighted by Crippen LogP contribution is 2.08. The highest BCUT2D eigenvalue weighted by atomic mass is 16.5. The van der Waals surface area contributed by atoms with Crippen molar-refractivity contribution in [1.82, 2.24) is 20.4 Å². The maximum atomic E-state index is 5.69. The Bertz CT molecular complexity index is 500. The van der Waals surface area contributed by atoms with Gasteiger partial charge in [-0.05, 0) is 45.0 Å². The second-order valence-corrected chi connectivity index (χ2v) is 6.79. The van der Waals surface area contributed by atoms with Gasteiger partial charge in [0.1, 0.15) is 5.75 Å². The summed E-state index contributed by atoms with van der Waals surface area (Å²) in [5.74, 6) is 1.81. The monoisotopic (exact) mass is 361 g/mol. The van der Waals surface area contributed by atoms with Crippen molar-refractivity contribution in [2.75, 3.05) is 66.5 Å². The third kappa shape index (κ3) is 8.54. The Morgan fingerprint density at radius 2 is 1.69 bits per heavy atom. The highest BCUT2D eigenvalue weighted by Gasteiger charge is 2.12. The second kappa shape index (κ2) is 12.5. The zero-order chi connectivity index (χ0) is 18.5. The molecule has 6 nitrogen and oxygen atoms in total. The standard InChI is InChI=1S/C20H35N5O/c1-21-20(23-12-8-18-26-19-9-4-3-5-10-19)22-11-6-7-13-25-16-14-24(2)15-17-25/h3-5,9-10H,6-8,11-18H2,1-2H3,(H2,21,22,23). The number of unbranched alkanes of at least 4 members (excludes halogenated alkanes) is 1. The Morgan fingerprint density at radius 1 is 1.00 bits per heavy atom. The number of guanidine groups is 1. The lowest BCUT2D eigenvalue weighted by Crippen LogP contribution is -2.44. The van der Waals surface area contributed by atoms with E-state index in [2.05, 4.69) is 32.5 Å². The molecule has 1 aliphatic rings. The molecule has 0 aliphatic carbocycles. The Balaban J connectivity index is 1.45. The molecule has 0 atom stereocenters. The molecule has 0 unspecified atom stereocenters. The number of rotatable bonds is 10. The molecule has 1 heterocycles. The molecule has 6 heteroatoms. The van der Waals surface area contributed by atoms with Crippen LogP contribution < -0.4 is 15.4 Å². The van der Waals surface area contributed by atoms with Gasteiger partial charge in [0.2, 0.25) is 0 Å². The predicted molar refractivity (Wildman–Crippen MR) is 109 cm³/mol. The summed E-state index contributed by atoms with van der Waals surface area (Å²) < 4.78 is 5.69. The fraction of sp³-hybridized carbons (Fsp3) is 0.650. The van der Waals surface area contributed by atoms with Gasteiger partial charge in [-0.3, -0.25) is 4.99 Å². The van der Waals surface area contributed by atoms with Crippen molar-refractivity contribution in [3.63, 3.8) is 0 Å². The molecule has 1 aliphatic heterocycles. The molecule has 0 aromatic heterocycles. The number of likely N-dealkylation sites (N-methyl/N-ethyl adjacent to an activating group) is 1. The molecular weight excluding hydrogens is 326 g/mol. The van der Waals surface area contributed by atoms with Gasteiger partial charge in [0.25, 0.3) is 0 Å². The van der Waals surface area contributed by atoms with Crippen molar-refractivity contribution < 1.29 is 4.74 Å². The van der Waals surface area contributed by atoms with Crippen LogP contribution in [0.15, 0.2) is 35.3 Å². The van der Waals surface area contributed by atoms with Gasteiger partial charge in [0.15, 0.2) is 5.96 Å². The van der Waals surface area contributed by atoms with E-state index < -0.39 is 0 Å². The van der Waals surface area contributed by atoms with Gasteiger partial charge in [-0.25, -0.2) is 0 Å². The quantitative estimate of drug-likeness (QED) is 0.377. The summed E-state index contributed by atoms with van der Waals surface area (Å²) in [5, 5.41) is 6.74. The van der Waals surface area contributed by atoms with Crippen LogP contribution >= 0.6 is 0 Å². The molecule has 146 valence electrons. The Morgan fingerprint density at radius 3 is 2.38 bits per heavy atom. The number of aliphatic imine (C=N–C) groups is 1. The average Bonchev–Trinajstić information content (AvgIpc) is 2.68. The number of piperazine rings is 1. The lowest BCUT2D eigenvalue weighted by Gasteiger charge is -2.32. The van der Waals surface area contributed by atoms with E-state index in [4.69, 9.17) is 4.74 Å². The van der Waals surface area contributed by atoms with Gasteiger partial charge in [0.05, 0.1) is 6.61 Å². The molecule has 1 fully saturated rings. The van der Waals surface area contributed by atoms with Gasteiger partial charge < -0.3 is 25.2 Å². The van der Waals surface area contributed by atoms with Crippen LogP contribution in [-0.2, 0) is 0 Å². The predicted octanol–water partition coefficient (Wildman–Crippen LogP) is 1.65. The van der Waals surface area contributed by atoms with Crippen molar-refractivity contribution in [2.24, 2.45) is 4.99 Å². The van der Waals surface area contributed by atoms with Crippen LogP contribution in [0.3, 0.4) is 0 Å². The zero-order valence-corrected chi connectivity index (χ0v) is 16.4. The van der Waals surface area contributed by atoms with E-state index in [1.807, 2.05) is 37.4 Å². The van der Waals surface area contributed by atoms with Gasteiger partial charge in [0, 0.05) is 46.3 Å². The van der Waals surface area contributed by atoms with E-state index in [1.54, 1.807) is 0 Å². The molecule has 0 spiro atoms. The highest BCUT2D eigenvalue weighted by molar-refractivity contribution is 5.79. The lowest BCUT2D eigenvalue weighted by atomic mass is 10.2. The zero-order valence-electron chi connectivity index (χ0n) is 16.4. The summed E-state index contributed by atoms with van der Waals surface area (Å²) >= 11 is 0. The molecule has 1 aromatic carbocycles. The van der Waals surface area contributed by atoms with Crippen LogP contribution in [0.5, 0.6) is 5.75 Å². The first-order valence-corrected chi connectivity index (χ1v) is 9.81. The first kappa shape index (κ1) is 20.5. The number of para-hydroxylation sites is 1. The van der Waals surface area contributed by atoms with Crippen LogP contribution in [0.25, 0.3) is 0 Å². The SMILES string of the molecule is CN=C(NCCCCN1CCN(C)CC1)NCCCOc1ccccc1. The third-order valence-electron chi connectivity index (χ3n) is 4.64. The minimum Gasteiger partial charge on any atom is -0.494 e. The molecule has 2 rings (SSSR count). The van der Waals surface area contributed by atoms with E-state index in [1.165, 1.54) is 45.6 Å². The lowest BCUT2D eigenvalue weighted by molar-refractivity contribution is 0.152. The number of hydrogen-bond acceptors (Lipinski definition) is 4. The van der Waals surface area contributed by atoms with E-state index >= 15 is 0 Å². The van der Waals surface area contributed by atoms with E-state index in [0.29, 0.717) is 6.61 Å². The molecule has 0 bridgehead atoms. The van der Waals surface area contributed by atoms with E-state index in [9.17, 15) is 0 Å². The molecule has 0 amide bonds. The summed E-state index contributed by atoms with van der Waals surface area (Å²) in [6.07, 6.45) is 3.35. The number of hydrogen-bond donors (Lipinski definition) is 2. The molecule has 0 radical (unpaired) electrons. The number of nitrogens with zero attached hydrogens (tertiary/aromatic N) is 3. The fourth-order valence-electron chi connectivity index (χ4n) is 2.94. The van der Waals surface area contributed by atoms with Gasteiger partial charge in [-0.1, -0.05) is 18.2 Å². The number of ether oxygens (including phenoxy) is 1. The van der Waals surface area contributed by atoms with Crippen molar-refractivity contribution in [1.29, 1.82) is 0 Å². The maximum Gasteiger partial charge on any atom is 0.190 e. The minimum absolute atomic E-state index is 0.707. The Kier molecular flexibility index (Phi) is 9.90. The Labute approximate surface area is 158 Å². The summed E-state index contributed by atoms with van der Waals surface area (Å²) in [6.45, 7) is 8.54. The van der Waals surface area contributed by atoms with Crippen LogP contribution in [-0.4, -0.2) is 82.3 Å². The smallest absolute Gasteiger partial charge is 0.190 e. The minimum atomic E-state index is 0.707. The summed E-state index contributed by atoms with van der Waals surface area (Å²) in [7, 11) is 4.02. The summed E-state index contributed by atoms with van der Waals surface area (Å²) in [4.78, 5) is 9.25. The normalized spacial score (nSPS) is 16.5. The van der Waals surface area contributed by atoms with Crippen molar-refractivity contribution >= 4 is 5.96 Å². The Hall–Kier alpha value is -1.79. The van der Waals surface area contributed by atoms with Crippen molar-refractivity contribution in [2.45, 2.75) is 19.3 Å². The molecule has 1 saturated heterocycles. The molecular formula is C20H35N5O. The van der Waals surface area contributed by atoms with Crippen LogP contribution in [0.2, 0.25) is 0 Å². The average molecular weight is 362 g/mol.